The normalized spacial score (nSPS) is 13.9. The molecule has 0 N–H and O–H groups in total. The predicted molar refractivity (Wildman–Crippen MR) is 115 cm³/mol. The van der Waals surface area contributed by atoms with Crippen molar-refractivity contribution in [1.82, 2.24) is 9.78 Å². The zero-order chi connectivity index (χ0) is 20.7. The molecule has 3 nitrogen and oxygen atoms in total. The fourth-order valence-electron chi connectivity index (χ4n) is 3.52. The van der Waals surface area contributed by atoms with Crippen LogP contribution in [0.3, 0.4) is 0 Å². The summed E-state index contributed by atoms with van der Waals surface area (Å²) in [7, 11) is 0. The Labute approximate surface area is 166 Å². The van der Waals surface area contributed by atoms with Crippen molar-refractivity contribution in [3.05, 3.63) is 41.0 Å². The topological polar surface area (TPSA) is 21.7 Å². The van der Waals surface area contributed by atoms with Gasteiger partial charge >= 0.3 is 0 Å². The van der Waals surface area contributed by atoms with Crippen molar-refractivity contribution in [3.8, 4) is 5.69 Å². The summed E-state index contributed by atoms with van der Waals surface area (Å²) in [5.41, 5.74) is 5.66. The molecule has 1 atom stereocenters. The number of rotatable bonds is 5. The summed E-state index contributed by atoms with van der Waals surface area (Å²) in [5, 5.41) is 4.96. The van der Waals surface area contributed by atoms with Gasteiger partial charge in [-0.2, -0.15) is 0 Å². The van der Waals surface area contributed by atoms with Crippen LogP contribution in [0.4, 0.5) is 0 Å². The van der Waals surface area contributed by atoms with Crippen molar-refractivity contribution >= 4 is 0 Å². The average Bonchev–Trinajstić information content (AvgIpc) is 2.92. The smallest absolute Gasteiger partial charge is 0.231 e. The maximum atomic E-state index is 4.96. The van der Waals surface area contributed by atoms with Crippen LogP contribution in [-0.2, 0) is 0 Å². The molecule has 0 amide bonds. The predicted octanol–water partition coefficient (Wildman–Crippen LogP) is 6.45. The first-order valence-corrected chi connectivity index (χ1v) is 10.5. The van der Waals surface area contributed by atoms with Gasteiger partial charge in [0.1, 0.15) is 5.69 Å². The van der Waals surface area contributed by atoms with E-state index in [0.29, 0.717) is 23.8 Å². The lowest BCUT2D eigenvalue weighted by atomic mass is 9.87. The van der Waals surface area contributed by atoms with E-state index in [4.69, 9.17) is 5.10 Å². The van der Waals surface area contributed by atoms with Gasteiger partial charge in [-0.25, -0.2) is 4.57 Å². The highest BCUT2D eigenvalue weighted by atomic mass is 15.4. The summed E-state index contributed by atoms with van der Waals surface area (Å²) < 4.78 is 4.46. The second kappa shape index (κ2) is 7.77. The lowest BCUT2D eigenvalue weighted by Crippen LogP contribution is -2.45. The fraction of sp³-hybridized carbons (Fsp3) is 0.667. The Kier molecular flexibility index (Phi) is 6.23. The van der Waals surface area contributed by atoms with Gasteiger partial charge in [0.25, 0.3) is 5.82 Å². The standard InChI is InChI=1S/C24H40N3/c1-15(2)20-12-21(16(3)4)23(22(13-20)17(5)6)27-14-26(19(8)25-27)18(7)24(9,10)11/h12-18H,1-11H3/q+1/t18-/m0/s1. The van der Waals surface area contributed by atoms with Crippen molar-refractivity contribution in [2.24, 2.45) is 5.41 Å². The van der Waals surface area contributed by atoms with Gasteiger partial charge in [-0.15, -0.1) is 0 Å². The number of hydrogen-bond acceptors (Lipinski definition) is 1. The van der Waals surface area contributed by atoms with Crippen LogP contribution in [-0.4, -0.2) is 9.78 Å². The third-order valence-corrected chi connectivity index (χ3v) is 5.86. The summed E-state index contributed by atoms with van der Waals surface area (Å²) in [6.45, 7) is 25.0. The van der Waals surface area contributed by atoms with Gasteiger partial charge in [-0.1, -0.05) is 79.1 Å². The largest absolute Gasteiger partial charge is 0.275 e. The molecule has 0 saturated heterocycles. The first kappa shape index (κ1) is 21.7. The minimum atomic E-state index is 0.187. The van der Waals surface area contributed by atoms with E-state index in [1.807, 2.05) is 0 Å². The van der Waals surface area contributed by atoms with E-state index in [1.54, 1.807) is 0 Å². The Morgan fingerprint density at radius 1 is 0.852 bits per heavy atom. The van der Waals surface area contributed by atoms with Gasteiger partial charge < -0.3 is 0 Å². The van der Waals surface area contributed by atoms with Gasteiger partial charge in [0.15, 0.2) is 0 Å². The molecule has 150 valence electrons. The van der Waals surface area contributed by atoms with Crippen molar-refractivity contribution < 1.29 is 4.57 Å². The van der Waals surface area contributed by atoms with Crippen LogP contribution in [0.2, 0.25) is 0 Å². The number of aromatic nitrogens is 3. The van der Waals surface area contributed by atoms with Crippen molar-refractivity contribution in [2.75, 3.05) is 0 Å². The van der Waals surface area contributed by atoms with Crippen molar-refractivity contribution in [3.63, 3.8) is 0 Å². The highest BCUT2D eigenvalue weighted by molar-refractivity contribution is 5.53. The molecule has 1 heterocycles. The van der Waals surface area contributed by atoms with Crippen molar-refractivity contribution in [2.45, 2.75) is 100.0 Å². The van der Waals surface area contributed by atoms with E-state index >= 15 is 0 Å². The maximum absolute atomic E-state index is 4.96. The van der Waals surface area contributed by atoms with Gasteiger partial charge in [0, 0.05) is 12.0 Å². The highest BCUT2D eigenvalue weighted by Crippen LogP contribution is 2.34. The Bertz CT molecular complexity index is 759. The number of aryl methyl sites for hydroxylation is 1. The molecule has 0 bridgehead atoms. The lowest BCUT2D eigenvalue weighted by molar-refractivity contribution is -0.737. The van der Waals surface area contributed by atoms with Crippen LogP contribution >= 0.6 is 0 Å². The second-order valence-corrected chi connectivity index (χ2v) is 10.1. The van der Waals surface area contributed by atoms with Crippen LogP contribution in [0, 0.1) is 12.3 Å². The van der Waals surface area contributed by atoms with E-state index in [2.05, 4.69) is 104 Å². The SMILES string of the molecule is Cc1nn(-c2c(C(C)C)cc(C(C)C)cc2C(C)C)c[n+]1[C@@H](C)C(C)(C)C. The molecule has 2 rings (SSSR count). The van der Waals surface area contributed by atoms with E-state index in [-0.39, 0.29) is 5.41 Å². The summed E-state index contributed by atoms with van der Waals surface area (Å²) in [6.07, 6.45) is 2.20. The quantitative estimate of drug-likeness (QED) is 0.555. The van der Waals surface area contributed by atoms with Gasteiger partial charge in [0.05, 0.1) is 6.04 Å². The van der Waals surface area contributed by atoms with Crippen LogP contribution in [0.1, 0.15) is 116 Å². The molecular weight excluding hydrogens is 330 g/mol. The van der Waals surface area contributed by atoms with E-state index in [1.165, 1.54) is 22.4 Å². The van der Waals surface area contributed by atoms with Crippen molar-refractivity contribution in [1.29, 1.82) is 0 Å². The molecule has 1 aromatic carbocycles. The molecule has 27 heavy (non-hydrogen) atoms. The van der Waals surface area contributed by atoms with Gasteiger partial charge in [0.2, 0.25) is 6.33 Å². The zero-order valence-electron chi connectivity index (χ0n) is 19.4. The molecule has 0 fully saturated rings. The van der Waals surface area contributed by atoms with Gasteiger partial charge in [-0.3, -0.25) is 0 Å². The number of nitrogens with zero attached hydrogens (tertiary/aromatic N) is 3. The zero-order valence-corrected chi connectivity index (χ0v) is 19.4. The highest BCUT2D eigenvalue weighted by Gasteiger charge is 2.30. The second-order valence-electron chi connectivity index (χ2n) is 10.1. The first-order chi connectivity index (χ1) is 12.3. The van der Waals surface area contributed by atoms with Crippen LogP contribution in [0.5, 0.6) is 0 Å². The number of hydrogen-bond donors (Lipinski definition) is 0. The molecule has 0 unspecified atom stereocenters. The Morgan fingerprint density at radius 3 is 1.70 bits per heavy atom. The molecular formula is C24H40N3+. The first-order valence-electron chi connectivity index (χ1n) is 10.5. The third-order valence-electron chi connectivity index (χ3n) is 5.86. The molecule has 0 saturated carbocycles. The third kappa shape index (κ3) is 4.44. The fourth-order valence-corrected chi connectivity index (χ4v) is 3.52. The van der Waals surface area contributed by atoms with Crippen LogP contribution in [0.25, 0.3) is 5.69 Å². The Morgan fingerprint density at radius 2 is 1.33 bits per heavy atom. The minimum absolute atomic E-state index is 0.187. The van der Waals surface area contributed by atoms with Crippen LogP contribution in [0.15, 0.2) is 18.5 Å². The molecule has 1 aromatic heterocycles. The van der Waals surface area contributed by atoms with E-state index in [9.17, 15) is 0 Å². The average molecular weight is 371 g/mol. The monoisotopic (exact) mass is 370 g/mol. The summed E-state index contributed by atoms with van der Waals surface area (Å²) in [6, 6.07) is 5.17. The van der Waals surface area contributed by atoms with E-state index in [0.717, 1.165) is 5.82 Å². The minimum Gasteiger partial charge on any atom is -0.231 e. The molecule has 3 heteroatoms. The number of benzene rings is 1. The van der Waals surface area contributed by atoms with Gasteiger partial charge in [-0.05, 0) is 46.8 Å². The molecule has 0 aliphatic rings. The van der Waals surface area contributed by atoms with Crippen LogP contribution < -0.4 is 4.57 Å². The molecule has 2 aromatic rings. The molecule has 0 spiro atoms. The summed E-state index contributed by atoms with van der Waals surface area (Å²) >= 11 is 0. The molecule has 0 radical (unpaired) electrons. The Hall–Kier alpha value is -1.64. The Balaban J connectivity index is 2.75. The summed E-state index contributed by atoms with van der Waals surface area (Å²) in [5.74, 6) is 2.50. The maximum Gasteiger partial charge on any atom is 0.275 e. The van der Waals surface area contributed by atoms with E-state index < -0.39 is 0 Å². The lowest BCUT2D eigenvalue weighted by Gasteiger charge is -2.25. The summed E-state index contributed by atoms with van der Waals surface area (Å²) in [4.78, 5) is 0. The molecule has 0 aliphatic heterocycles. The molecule has 0 aliphatic carbocycles.